The third-order valence-corrected chi connectivity index (χ3v) is 4.83. The van der Waals surface area contributed by atoms with Crippen LogP contribution < -0.4 is 4.90 Å². The molecule has 0 saturated heterocycles. The van der Waals surface area contributed by atoms with Crippen LogP contribution >= 0.6 is 0 Å². The van der Waals surface area contributed by atoms with Crippen LogP contribution in [-0.2, 0) is 0 Å². The average molecular weight is 275 g/mol. The first-order chi connectivity index (χ1) is 9.63. The molecule has 0 aliphatic heterocycles. The molecule has 3 unspecified atom stereocenters. The Morgan fingerprint density at radius 2 is 2.05 bits per heavy atom. The Morgan fingerprint density at radius 1 is 1.25 bits per heavy atom. The monoisotopic (exact) mass is 275 g/mol. The van der Waals surface area contributed by atoms with E-state index in [1.807, 2.05) is 0 Å². The van der Waals surface area contributed by atoms with Gasteiger partial charge in [0.05, 0.1) is 6.10 Å². The minimum absolute atomic E-state index is 0.114. The second kappa shape index (κ2) is 7.12. The summed E-state index contributed by atoms with van der Waals surface area (Å²) in [5, 5.41) is 10.3. The lowest BCUT2D eigenvalue weighted by Gasteiger charge is -2.37. The molecule has 1 saturated carbocycles. The van der Waals surface area contributed by atoms with Gasteiger partial charge < -0.3 is 10.0 Å². The van der Waals surface area contributed by atoms with E-state index in [1.54, 1.807) is 0 Å². The molecule has 1 fully saturated rings. The SMILES string of the molecule is CCC1CCC(O)C(CN(CC)c2cccc(C)c2)C1. The molecule has 0 spiro atoms. The highest BCUT2D eigenvalue weighted by atomic mass is 16.3. The van der Waals surface area contributed by atoms with Crippen molar-refractivity contribution >= 4 is 5.69 Å². The van der Waals surface area contributed by atoms with Gasteiger partial charge in [-0.15, -0.1) is 0 Å². The Bertz CT molecular complexity index is 418. The quantitative estimate of drug-likeness (QED) is 0.877. The Labute approximate surface area is 123 Å². The minimum Gasteiger partial charge on any atom is -0.393 e. The summed E-state index contributed by atoms with van der Waals surface area (Å²) < 4.78 is 0. The molecular formula is C18H29NO. The third kappa shape index (κ3) is 3.76. The second-order valence-electron chi connectivity index (χ2n) is 6.29. The van der Waals surface area contributed by atoms with Crippen molar-refractivity contribution in [3.05, 3.63) is 29.8 Å². The van der Waals surface area contributed by atoms with Gasteiger partial charge in [0.1, 0.15) is 0 Å². The van der Waals surface area contributed by atoms with Gasteiger partial charge in [-0.05, 0) is 56.7 Å². The predicted octanol–water partition coefficient (Wildman–Crippen LogP) is 4.01. The number of anilines is 1. The molecule has 1 aliphatic carbocycles. The Balaban J connectivity index is 2.05. The van der Waals surface area contributed by atoms with Crippen molar-refractivity contribution in [3.8, 4) is 0 Å². The molecule has 0 aromatic heterocycles. The second-order valence-corrected chi connectivity index (χ2v) is 6.29. The number of aliphatic hydroxyl groups is 1. The molecule has 1 aromatic rings. The van der Waals surface area contributed by atoms with E-state index >= 15 is 0 Å². The molecule has 2 heteroatoms. The molecule has 1 aromatic carbocycles. The van der Waals surface area contributed by atoms with Crippen LogP contribution in [0.4, 0.5) is 5.69 Å². The number of benzene rings is 1. The lowest BCUT2D eigenvalue weighted by Crippen LogP contribution is -2.39. The van der Waals surface area contributed by atoms with Crippen molar-refractivity contribution in [1.82, 2.24) is 0 Å². The first-order valence-corrected chi connectivity index (χ1v) is 8.13. The van der Waals surface area contributed by atoms with E-state index in [9.17, 15) is 5.11 Å². The molecule has 112 valence electrons. The zero-order valence-corrected chi connectivity index (χ0v) is 13.2. The van der Waals surface area contributed by atoms with Gasteiger partial charge in [0.2, 0.25) is 0 Å². The number of hydrogen-bond donors (Lipinski definition) is 1. The normalized spacial score (nSPS) is 26.5. The van der Waals surface area contributed by atoms with Gasteiger partial charge in [-0.2, -0.15) is 0 Å². The lowest BCUT2D eigenvalue weighted by atomic mass is 9.78. The largest absolute Gasteiger partial charge is 0.393 e. The van der Waals surface area contributed by atoms with Crippen LogP contribution in [0, 0.1) is 18.8 Å². The summed E-state index contributed by atoms with van der Waals surface area (Å²) in [6, 6.07) is 8.69. The molecule has 0 radical (unpaired) electrons. The van der Waals surface area contributed by atoms with E-state index < -0.39 is 0 Å². The Kier molecular flexibility index (Phi) is 5.47. The van der Waals surface area contributed by atoms with Crippen LogP contribution in [0.25, 0.3) is 0 Å². The highest BCUT2D eigenvalue weighted by molar-refractivity contribution is 5.48. The van der Waals surface area contributed by atoms with E-state index in [-0.39, 0.29) is 6.10 Å². The number of hydrogen-bond acceptors (Lipinski definition) is 2. The average Bonchev–Trinajstić information content (AvgIpc) is 2.46. The van der Waals surface area contributed by atoms with Gasteiger partial charge in [0.15, 0.2) is 0 Å². The van der Waals surface area contributed by atoms with Gasteiger partial charge in [-0.1, -0.05) is 25.5 Å². The number of nitrogens with zero attached hydrogens (tertiary/aromatic N) is 1. The van der Waals surface area contributed by atoms with E-state index in [4.69, 9.17) is 0 Å². The summed E-state index contributed by atoms with van der Waals surface area (Å²) in [6.07, 6.45) is 4.50. The van der Waals surface area contributed by atoms with E-state index in [0.29, 0.717) is 5.92 Å². The third-order valence-electron chi connectivity index (χ3n) is 4.83. The summed E-state index contributed by atoms with van der Waals surface area (Å²) in [4.78, 5) is 2.42. The standard InChI is InChI=1S/C18H29NO/c1-4-15-9-10-18(20)16(12-15)13-19(5-2)17-8-6-7-14(3)11-17/h6-8,11,15-16,18,20H,4-5,9-10,12-13H2,1-3H3. The van der Waals surface area contributed by atoms with Gasteiger partial charge in [-0.3, -0.25) is 0 Å². The zero-order valence-electron chi connectivity index (χ0n) is 13.2. The molecule has 1 N–H and O–H groups in total. The number of rotatable bonds is 5. The molecule has 0 amide bonds. The molecule has 2 nitrogen and oxygen atoms in total. The van der Waals surface area contributed by atoms with Crippen molar-refractivity contribution in [2.75, 3.05) is 18.0 Å². The van der Waals surface area contributed by atoms with Crippen LogP contribution in [0.2, 0.25) is 0 Å². The van der Waals surface area contributed by atoms with Crippen molar-refractivity contribution < 1.29 is 5.11 Å². The highest BCUT2D eigenvalue weighted by Gasteiger charge is 2.29. The van der Waals surface area contributed by atoms with Crippen molar-refractivity contribution in [2.24, 2.45) is 11.8 Å². The molecule has 0 bridgehead atoms. The maximum atomic E-state index is 10.3. The fourth-order valence-electron chi connectivity index (χ4n) is 3.44. The first-order valence-electron chi connectivity index (χ1n) is 8.13. The van der Waals surface area contributed by atoms with Crippen LogP contribution in [0.15, 0.2) is 24.3 Å². The van der Waals surface area contributed by atoms with E-state index in [0.717, 1.165) is 25.4 Å². The van der Waals surface area contributed by atoms with Crippen molar-refractivity contribution in [3.63, 3.8) is 0 Å². The summed E-state index contributed by atoms with van der Waals surface area (Å²) in [7, 11) is 0. The molecule has 2 rings (SSSR count). The summed E-state index contributed by atoms with van der Waals surface area (Å²) in [5.41, 5.74) is 2.59. The smallest absolute Gasteiger partial charge is 0.0585 e. The number of aryl methyl sites for hydroxylation is 1. The Morgan fingerprint density at radius 3 is 2.70 bits per heavy atom. The van der Waals surface area contributed by atoms with E-state index in [2.05, 4.69) is 49.9 Å². The lowest BCUT2D eigenvalue weighted by molar-refractivity contribution is 0.0507. The topological polar surface area (TPSA) is 23.5 Å². The van der Waals surface area contributed by atoms with Crippen LogP contribution in [-0.4, -0.2) is 24.3 Å². The van der Waals surface area contributed by atoms with Crippen molar-refractivity contribution in [1.29, 1.82) is 0 Å². The molecule has 0 heterocycles. The van der Waals surface area contributed by atoms with Crippen LogP contribution in [0.1, 0.15) is 45.1 Å². The van der Waals surface area contributed by atoms with E-state index in [1.165, 1.54) is 30.5 Å². The van der Waals surface area contributed by atoms with Crippen LogP contribution in [0.3, 0.4) is 0 Å². The molecular weight excluding hydrogens is 246 g/mol. The van der Waals surface area contributed by atoms with Gasteiger partial charge in [0.25, 0.3) is 0 Å². The van der Waals surface area contributed by atoms with Gasteiger partial charge in [-0.25, -0.2) is 0 Å². The van der Waals surface area contributed by atoms with Crippen molar-refractivity contribution in [2.45, 2.75) is 52.6 Å². The summed E-state index contributed by atoms with van der Waals surface area (Å²) in [5.74, 6) is 1.23. The predicted molar refractivity (Wildman–Crippen MR) is 86.2 cm³/mol. The van der Waals surface area contributed by atoms with Gasteiger partial charge >= 0.3 is 0 Å². The minimum atomic E-state index is -0.114. The number of aliphatic hydroxyl groups excluding tert-OH is 1. The maximum absolute atomic E-state index is 10.3. The maximum Gasteiger partial charge on any atom is 0.0585 e. The fraction of sp³-hybridized carbons (Fsp3) is 0.667. The zero-order chi connectivity index (χ0) is 14.5. The summed E-state index contributed by atoms with van der Waals surface area (Å²) in [6.45, 7) is 8.60. The summed E-state index contributed by atoms with van der Waals surface area (Å²) >= 11 is 0. The fourth-order valence-corrected chi connectivity index (χ4v) is 3.44. The molecule has 1 aliphatic rings. The molecule has 20 heavy (non-hydrogen) atoms. The molecule has 3 atom stereocenters. The first kappa shape index (κ1) is 15.4. The van der Waals surface area contributed by atoms with Crippen LogP contribution in [0.5, 0.6) is 0 Å². The Hall–Kier alpha value is -1.02. The highest BCUT2D eigenvalue weighted by Crippen LogP contribution is 2.32. The van der Waals surface area contributed by atoms with Gasteiger partial charge in [0, 0.05) is 24.7 Å².